The number of carbonyl (C=O) groups is 1. The van der Waals surface area contributed by atoms with Crippen molar-refractivity contribution >= 4 is 11.6 Å². The van der Waals surface area contributed by atoms with E-state index in [-0.39, 0.29) is 5.56 Å². The number of anilines is 1. The highest BCUT2D eigenvalue weighted by atomic mass is 16.2. The van der Waals surface area contributed by atoms with Crippen LogP contribution in [0.2, 0.25) is 0 Å². The van der Waals surface area contributed by atoms with Gasteiger partial charge >= 0.3 is 0 Å². The molecule has 4 aromatic rings. The van der Waals surface area contributed by atoms with Crippen molar-refractivity contribution in [2.45, 2.75) is 0 Å². The van der Waals surface area contributed by atoms with Gasteiger partial charge in [-0.1, -0.05) is 30.3 Å². The Bertz CT molecular complexity index is 1120. The van der Waals surface area contributed by atoms with E-state index in [1.807, 2.05) is 30.3 Å². The van der Waals surface area contributed by atoms with Crippen molar-refractivity contribution in [1.29, 1.82) is 0 Å². The fraction of sp³-hybridized carbons (Fsp3) is 0. The van der Waals surface area contributed by atoms with E-state index in [4.69, 9.17) is 0 Å². The topological polar surface area (TPSA) is 104 Å². The van der Waals surface area contributed by atoms with Gasteiger partial charge in [-0.2, -0.15) is 5.10 Å². The van der Waals surface area contributed by atoms with Crippen LogP contribution < -0.4 is 10.9 Å². The third-order valence-electron chi connectivity index (χ3n) is 4.07. The van der Waals surface area contributed by atoms with E-state index in [9.17, 15) is 9.59 Å². The summed E-state index contributed by atoms with van der Waals surface area (Å²) in [4.78, 5) is 31.6. The molecular formula is C20H15N5O2. The van der Waals surface area contributed by atoms with Gasteiger partial charge in [0.25, 0.3) is 11.5 Å². The quantitative estimate of drug-likeness (QED) is 0.522. The highest BCUT2D eigenvalue weighted by Crippen LogP contribution is 2.18. The maximum Gasteiger partial charge on any atom is 0.261 e. The Labute approximate surface area is 154 Å². The van der Waals surface area contributed by atoms with Crippen molar-refractivity contribution in [2.75, 3.05) is 5.32 Å². The molecule has 0 radical (unpaired) electrons. The molecule has 0 fully saturated rings. The minimum absolute atomic E-state index is 0.0500. The van der Waals surface area contributed by atoms with Gasteiger partial charge < -0.3 is 10.3 Å². The van der Waals surface area contributed by atoms with Gasteiger partial charge in [-0.3, -0.25) is 14.7 Å². The number of aromatic nitrogens is 4. The van der Waals surface area contributed by atoms with Crippen molar-refractivity contribution in [2.24, 2.45) is 0 Å². The summed E-state index contributed by atoms with van der Waals surface area (Å²) >= 11 is 0. The zero-order chi connectivity index (χ0) is 18.6. The number of nitrogens with zero attached hydrogens (tertiary/aromatic N) is 2. The van der Waals surface area contributed by atoms with Gasteiger partial charge in [-0.15, -0.1) is 0 Å². The van der Waals surface area contributed by atoms with Gasteiger partial charge in [0, 0.05) is 16.9 Å². The lowest BCUT2D eigenvalue weighted by molar-refractivity contribution is 0.102. The second-order valence-corrected chi connectivity index (χ2v) is 5.85. The molecule has 0 aliphatic carbocycles. The Morgan fingerprint density at radius 1 is 0.889 bits per heavy atom. The number of carbonyl (C=O) groups excluding carboxylic acids is 1. The average Bonchev–Trinajstić information content (AvgIpc) is 3.24. The van der Waals surface area contributed by atoms with Crippen LogP contribution in [0.15, 0.2) is 77.9 Å². The predicted octanol–water partition coefficient (Wildman–Crippen LogP) is 3.08. The molecule has 7 heteroatoms. The molecule has 0 bridgehead atoms. The Hall–Kier alpha value is -4.00. The standard InChI is InChI=1S/C20H15N5O2/c26-19(23-15-8-6-14(7-9-15)18-21-12-22-25-18)16-10-11-17(24-20(16)27)13-4-2-1-3-5-13/h1-12H,(H,23,26)(H,24,27)(H,21,22,25). The summed E-state index contributed by atoms with van der Waals surface area (Å²) in [5.74, 6) is 0.170. The zero-order valence-electron chi connectivity index (χ0n) is 14.1. The molecule has 1 amide bonds. The van der Waals surface area contributed by atoms with Crippen LogP contribution in [0.5, 0.6) is 0 Å². The maximum absolute atomic E-state index is 12.4. The van der Waals surface area contributed by atoms with Crippen molar-refractivity contribution in [3.05, 3.63) is 89.0 Å². The van der Waals surface area contributed by atoms with Crippen LogP contribution in [0, 0.1) is 0 Å². The first-order chi connectivity index (χ1) is 13.2. The molecule has 0 saturated carbocycles. The number of aromatic amines is 2. The Kier molecular flexibility index (Phi) is 4.32. The molecule has 4 rings (SSSR count). The van der Waals surface area contributed by atoms with Crippen molar-refractivity contribution < 1.29 is 4.79 Å². The number of benzene rings is 2. The molecular weight excluding hydrogens is 342 g/mol. The molecule has 0 atom stereocenters. The molecule has 2 aromatic carbocycles. The van der Waals surface area contributed by atoms with Crippen LogP contribution >= 0.6 is 0 Å². The molecule has 2 aromatic heterocycles. The summed E-state index contributed by atoms with van der Waals surface area (Å²) in [6.07, 6.45) is 1.43. The first-order valence-electron chi connectivity index (χ1n) is 8.26. The highest BCUT2D eigenvalue weighted by Gasteiger charge is 2.12. The molecule has 132 valence electrons. The minimum Gasteiger partial charge on any atom is -0.322 e. The van der Waals surface area contributed by atoms with E-state index in [0.717, 1.165) is 11.1 Å². The van der Waals surface area contributed by atoms with Crippen molar-refractivity contribution in [3.8, 4) is 22.6 Å². The van der Waals surface area contributed by atoms with Gasteiger partial charge in [0.05, 0.1) is 0 Å². The molecule has 7 nitrogen and oxygen atoms in total. The summed E-state index contributed by atoms with van der Waals surface area (Å²) in [6, 6.07) is 19.8. The average molecular weight is 357 g/mol. The Morgan fingerprint density at radius 3 is 2.33 bits per heavy atom. The van der Waals surface area contributed by atoms with Crippen LogP contribution in [0.1, 0.15) is 10.4 Å². The van der Waals surface area contributed by atoms with E-state index >= 15 is 0 Å². The summed E-state index contributed by atoms with van der Waals surface area (Å²) in [7, 11) is 0. The van der Waals surface area contributed by atoms with Crippen LogP contribution in [-0.4, -0.2) is 26.1 Å². The normalized spacial score (nSPS) is 10.5. The SMILES string of the molecule is O=C(Nc1ccc(-c2ncn[nH]2)cc1)c1ccc(-c2ccccc2)[nH]c1=O. The molecule has 0 aliphatic rings. The van der Waals surface area contributed by atoms with Crippen LogP contribution in [0.3, 0.4) is 0 Å². The lowest BCUT2D eigenvalue weighted by atomic mass is 10.1. The first kappa shape index (κ1) is 16.5. The van der Waals surface area contributed by atoms with Gasteiger partial charge in [-0.05, 0) is 42.0 Å². The third kappa shape index (κ3) is 3.52. The molecule has 2 heterocycles. The van der Waals surface area contributed by atoms with E-state index < -0.39 is 11.5 Å². The van der Waals surface area contributed by atoms with Gasteiger partial charge in [0.15, 0.2) is 5.82 Å². The first-order valence-corrected chi connectivity index (χ1v) is 8.26. The Morgan fingerprint density at radius 2 is 1.67 bits per heavy atom. The molecule has 27 heavy (non-hydrogen) atoms. The van der Waals surface area contributed by atoms with Crippen LogP contribution in [0.25, 0.3) is 22.6 Å². The fourth-order valence-corrected chi connectivity index (χ4v) is 2.69. The molecule has 3 N–H and O–H groups in total. The number of nitrogens with one attached hydrogen (secondary N) is 3. The van der Waals surface area contributed by atoms with E-state index in [2.05, 4.69) is 25.5 Å². The number of pyridine rings is 1. The fourth-order valence-electron chi connectivity index (χ4n) is 2.69. The Balaban J connectivity index is 1.52. The minimum atomic E-state index is -0.469. The second-order valence-electron chi connectivity index (χ2n) is 5.85. The summed E-state index contributed by atoms with van der Waals surface area (Å²) < 4.78 is 0. The summed E-state index contributed by atoms with van der Waals surface area (Å²) in [6.45, 7) is 0. The van der Waals surface area contributed by atoms with Gasteiger partial charge in [0.2, 0.25) is 0 Å². The molecule has 0 aliphatic heterocycles. The predicted molar refractivity (Wildman–Crippen MR) is 102 cm³/mol. The molecule has 0 unspecified atom stereocenters. The maximum atomic E-state index is 12.4. The summed E-state index contributed by atoms with van der Waals surface area (Å²) in [5.41, 5.74) is 2.57. The lowest BCUT2D eigenvalue weighted by Crippen LogP contribution is -2.23. The molecule has 0 spiro atoms. The lowest BCUT2D eigenvalue weighted by Gasteiger charge is -2.07. The monoisotopic (exact) mass is 357 g/mol. The molecule has 0 saturated heterocycles. The number of rotatable bonds is 4. The van der Waals surface area contributed by atoms with Crippen molar-refractivity contribution in [3.63, 3.8) is 0 Å². The van der Waals surface area contributed by atoms with Crippen molar-refractivity contribution in [1.82, 2.24) is 20.2 Å². The van der Waals surface area contributed by atoms with Crippen LogP contribution in [-0.2, 0) is 0 Å². The van der Waals surface area contributed by atoms with Gasteiger partial charge in [0.1, 0.15) is 11.9 Å². The number of amides is 1. The van der Waals surface area contributed by atoms with Crippen LogP contribution in [0.4, 0.5) is 5.69 Å². The number of hydrogen-bond acceptors (Lipinski definition) is 4. The smallest absolute Gasteiger partial charge is 0.261 e. The largest absolute Gasteiger partial charge is 0.322 e. The zero-order valence-corrected chi connectivity index (χ0v) is 14.1. The second kappa shape index (κ2) is 7.09. The van der Waals surface area contributed by atoms with E-state index in [0.29, 0.717) is 17.2 Å². The van der Waals surface area contributed by atoms with E-state index in [1.165, 1.54) is 12.4 Å². The number of hydrogen-bond donors (Lipinski definition) is 3. The van der Waals surface area contributed by atoms with E-state index in [1.54, 1.807) is 30.3 Å². The number of H-pyrrole nitrogens is 2. The third-order valence-corrected chi connectivity index (χ3v) is 4.07. The van der Waals surface area contributed by atoms with Gasteiger partial charge in [-0.25, -0.2) is 4.98 Å². The highest BCUT2D eigenvalue weighted by molar-refractivity contribution is 6.04. The summed E-state index contributed by atoms with van der Waals surface area (Å²) in [5, 5.41) is 9.30.